The van der Waals surface area contributed by atoms with Crippen molar-refractivity contribution >= 4 is 29.3 Å². The van der Waals surface area contributed by atoms with Crippen molar-refractivity contribution in [1.29, 1.82) is 0 Å². The number of benzene rings is 2. The van der Waals surface area contributed by atoms with Crippen LogP contribution in [0.5, 0.6) is 5.75 Å². The first-order chi connectivity index (χ1) is 16.6. The molecule has 0 fully saturated rings. The minimum Gasteiger partial charge on any atom is -0.485 e. The highest BCUT2D eigenvalue weighted by Crippen LogP contribution is 2.28. The maximum absolute atomic E-state index is 12.5. The predicted molar refractivity (Wildman–Crippen MR) is 137 cm³/mol. The summed E-state index contributed by atoms with van der Waals surface area (Å²) in [6.45, 7) is 10.2. The van der Waals surface area contributed by atoms with Crippen LogP contribution in [0.15, 0.2) is 47.6 Å². The number of carbonyl (C=O) groups is 2. The minimum atomic E-state index is -0.425. The van der Waals surface area contributed by atoms with Gasteiger partial charge in [0.1, 0.15) is 12.4 Å². The van der Waals surface area contributed by atoms with E-state index in [4.69, 9.17) is 9.47 Å². The lowest BCUT2D eigenvalue weighted by Gasteiger charge is -2.14. The molecule has 35 heavy (non-hydrogen) atoms. The van der Waals surface area contributed by atoms with Crippen LogP contribution in [0.3, 0.4) is 0 Å². The van der Waals surface area contributed by atoms with Crippen LogP contribution in [0.25, 0.3) is 0 Å². The maximum atomic E-state index is 12.5. The molecule has 0 spiro atoms. The van der Waals surface area contributed by atoms with Crippen LogP contribution < -0.4 is 10.1 Å². The predicted octanol–water partition coefficient (Wildman–Crippen LogP) is 5.12. The molecule has 1 aromatic heterocycles. The fraction of sp³-hybridized carbons (Fsp3) is 0.385. The molecule has 0 saturated carbocycles. The molecule has 3 aromatic rings. The summed E-state index contributed by atoms with van der Waals surface area (Å²) >= 11 is 1.28. The Kier molecular flexibility index (Phi) is 8.92. The summed E-state index contributed by atoms with van der Waals surface area (Å²) in [5, 5.41) is 11.8. The van der Waals surface area contributed by atoms with Gasteiger partial charge in [0.15, 0.2) is 11.0 Å². The van der Waals surface area contributed by atoms with Gasteiger partial charge in [0, 0.05) is 12.7 Å². The molecule has 9 heteroatoms. The first-order valence-corrected chi connectivity index (χ1v) is 12.5. The van der Waals surface area contributed by atoms with Gasteiger partial charge in [-0.2, -0.15) is 0 Å². The second-order valence-corrected chi connectivity index (χ2v) is 9.76. The van der Waals surface area contributed by atoms with E-state index < -0.39 is 5.97 Å². The highest BCUT2D eigenvalue weighted by atomic mass is 32.2. The molecule has 1 heterocycles. The topological polar surface area (TPSA) is 95.3 Å². The molecule has 0 atom stereocenters. The van der Waals surface area contributed by atoms with E-state index in [2.05, 4.69) is 41.5 Å². The van der Waals surface area contributed by atoms with Crippen LogP contribution in [-0.4, -0.2) is 38.5 Å². The quantitative estimate of drug-likeness (QED) is 0.307. The highest BCUT2D eigenvalue weighted by Gasteiger charge is 2.15. The van der Waals surface area contributed by atoms with E-state index in [9.17, 15) is 9.59 Å². The van der Waals surface area contributed by atoms with Crippen molar-refractivity contribution < 1.29 is 19.1 Å². The van der Waals surface area contributed by atoms with Crippen molar-refractivity contribution in [2.24, 2.45) is 7.05 Å². The van der Waals surface area contributed by atoms with Gasteiger partial charge in [0.05, 0.1) is 17.4 Å². The van der Waals surface area contributed by atoms with Crippen LogP contribution in [0.1, 0.15) is 60.9 Å². The number of esters is 1. The van der Waals surface area contributed by atoms with Gasteiger partial charge in [0.25, 0.3) is 0 Å². The second-order valence-electron chi connectivity index (χ2n) is 8.81. The zero-order valence-electron chi connectivity index (χ0n) is 21.0. The van der Waals surface area contributed by atoms with E-state index in [0.29, 0.717) is 28.1 Å². The molecule has 3 rings (SSSR count). The molecule has 0 radical (unpaired) electrons. The minimum absolute atomic E-state index is 0.142. The summed E-state index contributed by atoms with van der Waals surface area (Å²) in [4.78, 5) is 24.6. The summed E-state index contributed by atoms with van der Waals surface area (Å²) in [5.74, 6) is 1.35. The molecular formula is C26H32N4O4S. The fourth-order valence-corrected chi connectivity index (χ4v) is 4.05. The van der Waals surface area contributed by atoms with Crippen LogP contribution in [0.2, 0.25) is 0 Å². The molecule has 0 aliphatic heterocycles. The third-order valence-corrected chi connectivity index (χ3v) is 6.15. The second kappa shape index (κ2) is 11.9. The normalized spacial score (nSPS) is 11.1. The first-order valence-electron chi connectivity index (χ1n) is 11.5. The first kappa shape index (κ1) is 26.3. The third kappa shape index (κ3) is 7.32. The largest absolute Gasteiger partial charge is 0.485 e. The number of nitrogens with zero attached hydrogens (tertiary/aromatic N) is 3. The van der Waals surface area contributed by atoms with Crippen molar-refractivity contribution in [3.05, 3.63) is 65.0 Å². The molecule has 1 N–H and O–H groups in total. The summed E-state index contributed by atoms with van der Waals surface area (Å²) < 4.78 is 13.1. The molecule has 0 bridgehead atoms. The lowest BCUT2D eigenvalue weighted by atomic mass is 10.0. The van der Waals surface area contributed by atoms with Gasteiger partial charge in [-0.3, -0.25) is 4.79 Å². The Hall–Kier alpha value is -3.33. The third-order valence-electron chi connectivity index (χ3n) is 5.13. The van der Waals surface area contributed by atoms with E-state index in [1.165, 1.54) is 11.8 Å². The molecule has 0 unspecified atom stereocenters. The molecule has 1 amide bonds. The number of hydrogen-bond acceptors (Lipinski definition) is 7. The Bertz CT molecular complexity index is 1190. The summed E-state index contributed by atoms with van der Waals surface area (Å²) in [6.07, 6.45) is -0.215. The Labute approximate surface area is 210 Å². The summed E-state index contributed by atoms with van der Waals surface area (Å²) in [6, 6.07) is 12.9. The lowest BCUT2D eigenvalue weighted by Crippen LogP contribution is -2.16. The molecule has 186 valence electrons. The number of hydrogen-bond donors (Lipinski definition) is 1. The molecule has 0 aliphatic rings. The Morgan fingerprint density at radius 2 is 1.86 bits per heavy atom. The molecule has 0 aliphatic carbocycles. The number of rotatable bonds is 10. The number of ether oxygens (including phenoxy) is 2. The number of thioether (sulfide) groups is 1. The van der Waals surface area contributed by atoms with Crippen molar-refractivity contribution in [2.75, 3.05) is 11.1 Å². The Morgan fingerprint density at radius 1 is 1.09 bits per heavy atom. The Morgan fingerprint density at radius 3 is 2.57 bits per heavy atom. The molecule has 0 saturated heterocycles. The molecule has 2 aromatic carbocycles. The van der Waals surface area contributed by atoms with Crippen molar-refractivity contribution in [2.45, 2.75) is 58.4 Å². The van der Waals surface area contributed by atoms with Gasteiger partial charge in [-0.05, 0) is 62.1 Å². The number of nitrogens with one attached hydrogen (secondary N) is 1. The monoisotopic (exact) mass is 496 g/mol. The summed E-state index contributed by atoms with van der Waals surface area (Å²) in [7, 11) is 1.85. The number of aryl methyl sites for hydroxylation is 1. The zero-order valence-corrected chi connectivity index (χ0v) is 21.8. The zero-order chi connectivity index (χ0) is 25.5. The highest BCUT2D eigenvalue weighted by molar-refractivity contribution is 7.99. The van der Waals surface area contributed by atoms with Gasteiger partial charge in [-0.25, -0.2) is 4.79 Å². The summed E-state index contributed by atoms with van der Waals surface area (Å²) in [5.41, 5.74) is 3.19. The van der Waals surface area contributed by atoms with E-state index in [1.807, 2.05) is 24.6 Å². The van der Waals surface area contributed by atoms with Gasteiger partial charge in [-0.15, -0.1) is 10.2 Å². The van der Waals surface area contributed by atoms with Crippen LogP contribution in [0.4, 0.5) is 5.69 Å². The average molecular weight is 497 g/mol. The standard InChI is InChI=1S/C26H32N4O4S/c1-16(2)21-11-10-18(5)12-22(21)33-14-23-28-29-26(30(23)6)35-15-24(31)27-20-9-7-8-19(13-20)25(32)34-17(3)4/h7-13,16-17H,14-15H2,1-6H3,(H,27,31). The number of anilines is 1. The smallest absolute Gasteiger partial charge is 0.338 e. The van der Waals surface area contributed by atoms with Crippen molar-refractivity contribution in [3.63, 3.8) is 0 Å². The van der Waals surface area contributed by atoms with E-state index >= 15 is 0 Å². The average Bonchev–Trinajstić information content (AvgIpc) is 3.15. The van der Waals surface area contributed by atoms with E-state index in [0.717, 1.165) is 16.9 Å². The van der Waals surface area contributed by atoms with Gasteiger partial charge in [-0.1, -0.05) is 43.8 Å². The number of amides is 1. The van der Waals surface area contributed by atoms with Crippen molar-refractivity contribution in [1.82, 2.24) is 14.8 Å². The van der Waals surface area contributed by atoms with Gasteiger partial charge < -0.3 is 19.4 Å². The molecule has 8 nitrogen and oxygen atoms in total. The van der Waals surface area contributed by atoms with Crippen LogP contribution in [-0.2, 0) is 23.2 Å². The Balaban J connectivity index is 1.56. The van der Waals surface area contributed by atoms with Gasteiger partial charge >= 0.3 is 5.97 Å². The van der Waals surface area contributed by atoms with Crippen molar-refractivity contribution in [3.8, 4) is 5.75 Å². The maximum Gasteiger partial charge on any atom is 0.338 e. The van der Waals surface area contributed by atoms with Crippen LogP contribution in [0, 0.1) is 6.92 Å². The van der Waals surface area contributed by atoms with E-state index in [-0.39, 0.29) is 24.4 Å². The number of carbonyl (C=O) groups excluding carboxylic acids is 2. The molecular weight excluding hydrogens is 464 g/mol. The van der Waals surface area contributed by atoms with Crippen LogP contribution >= 0.6 is 11.8 Å². The van der Waals surface area contributed by atoms with E-state index in [1.54, 1.807) is 38.1 Å². The number of aromatic nitrogens is 3. The lowest BCUT2D eigenvalue weighted by molar-refractivity contribution is -0.113. The fourth-order valence-electron chi connectivity index (χ4n) is 3.32. The SMILES string of the molecule is Cc1ccc(C(C)C)c(OCc2nnc(SCC(=O)Nc3cccc(C(=O)OC(C)C)c3)n2C)c1. The van der Waals surface area contributed by atoms with Gasteiger partial charge in [0.2, 0.25) is 5.91 Å².